The Morgan fingerprint density at radius 2 is 1.21 bits per heavy atom. The van der Waals surface area contributed by atoms with Gasteiger partial charge in [0.1, 0.15) is 0 Å². The number of halogens is 1. The van der Waals surface area contributed by atoms with Gasteiger partial charge < -0.3 is 15.4 Å². The van der Waals surface area contributed by atoms with Crippen LogP contribution in [-0.2, 0) is 4.74 Å². The number of carbonyl (C=O) groups excluding carboxylic acids is 3. The molecule has 0 heterocycles. The Balaban J connectivity index is 1.73. The molecule has 3 aromatic rings. The molecule has 3 rings (SSSR count). The Morgan fingerprint density at radius 3 is 1.76 bits per heavy atom. The topological polar surface area (TPSA) is 84.5 Å². The van der Waals surface area contributed by atoms with Gasteiger partial charge in [-0.1, -0.05) is 29.8 Å². The molecule has 2 amide bonds. The van der Waals surface area contributed by atoms with Crippen molar-refractivity contribution in [2.24, 2.45) is 0 Å². The molecule has 0 aromatic heterocycles. The second-order valence-corrected chi connectivity index (χ2v) is 6.51. The van der Waals surface area contributed by atoms with Gasteiger partial charge in [0.15, 0.2) is 0 Å². The van der Waals surface area contributed by atoms with Gasteiger partial charge >= 0.3 is 5.97 Å². The third-order valence-corrected chi connectivity index (χ3v) is 4.25. The lowest BCUT2D eigenvalue weighted by atomic mass is 10.1. The molecular formula is C22H17ClN2O4. The highest BCUT2D eigenvalue weighted by Gasteiger charge is 2.11. The average molecular weight is 409 g/mol. The van der Waals surface area contributed by atoms with E-state index in [1.165, 1.54) is 13.2 Å². The van der Waals surface area contributed by atoms with Crippen LogP contribution in [0, 0.1) is 0 Å². The van der Waals surface area contributed by atoms with Crippen molar-refractivity contribution in [3.05, 3.63) is 94.5 Å². The summed E-state index contributed by atoms with van der Waals surface area (Å²) in [5, 5.41) is 5.92. The number of amides is 2. The van der Waals surface area contributed by atoms with Crippen molar-refractivity contribution in [3.63, 3.8) is 0 Å². The summed E-state index contributed by atoms with van der Waals surface area (Å²) < 4.78 is 4.68. The van der Waals surface area contributed by atoms with Gasteiger partial charge in [-0.15, -0.1) is 0 Å². The van der Waals surface area contributed by atoms with Gasteiger partial charge in [0.25, 0.3) is 11.8 Å². The Labute approximate surface area is 172 Å². The minimum atomic E-state index is -0.494. The van der Waals surface area contributed by atoms with Crippen molar-refractivity contribution < 1.29 is 19.1 Å². The van der Waals surface area contributed by atoms with Crippen LogP contribution >= 0.6 is 11.6 Å². The number of hydrogen-bond donors (Lipinski definition) is 2. The van der Waals surface area contributed by atoms with Crippen LogP contribution in [0.5, 0.6) is 0 Å². The Bertz CT molecular complexity index is 1080. The van der Waals surface area contributed by atoms with Gasteiger partial charge in [-0.05, 0) is 54.6 Å². The van der Waals surface area contributed by atoms with Gasteiger partial charge in [0.05, 0.1) is 12.7 Å². The Kier molecular flexibility index (Phi) is 6.26. The number of anilines is 2. The molecule has 0 atom stereocenters. The van der Waals surface area contributed by atoms with Crippen LogP contribution in [-0.4, -0.2) is 24.9 Å². The number of benzene rings is 3. The van der Waals surface area contributed by atoms with E-state index >= 15 is 0 Å². The minimum Gasteiger partial charge on any atom is -0.465 e. The number of methoxy groups -OCH3 is 1. The van der Waals surface area contributed by atoms with Crippen molar-refractivity contribution in [2.75, 3.05) is 17.7 Å². The van der Waals surface area contributed by atoms with E-state index < -0.39 is 5.97 Å². The van der Waals surface area contributed by atoms with E-state index in [0.29, 0.717) is 33.1 Å². The first-order valence-corrected chi connectivity index (χ1v) is 9.01. The predicted molar refractivity (Wildman–Crippen MR) is 112 cm³/mol. The lowest BCUT2D eigenvalue weighted by Gasteiger charge is -2.09. The zero-order chi connectivity index (χ0) is 20.8. The monoisotopic (exact) mass is 408 g/mol. The molecule has 0 aliphatic rings. The highest BCUT2D eigenvalue weighted by Crippen LogP contribution is 2.17. The molecule has 29 heavy (non-hydrogen) atoms. The van der Waals surface area contributed by atoms with E-state index in [1.54, 1.807) is 66.7 Å². The number of esters is 1. The number of ether oxygens (including phenoxy) is 1. The fourth-order valence-corrected chi connectivity index (χ4v) is 2.81. The molecule has 0 bridgehead atoms. The maximum absolute atomic E-state index is 12.6. The van der Waals surface area contributed by atoms with E-state index in [9.17, 15) is 14.4 Å². The largest absolute Gasteiger partial charge is 0.465 e. The van der Waals surface area contributed by atoms with Crippen LogP contribution in [0.4, 0.5) is 11.4 Å². The zero-order valence-corrected chi connectivity index (χ0v) is 16.2. The summed E-state index contributed by atoms with van der Waals surface area (Å²) in [5.41, 5.74) is 1.99. The third-order valence-electron chi connectivity index (χ3n) is 4.01. The molecule has 0 aliphatic heterocycles. The van der Waals surface area contributed by atoms with Gasteiger partial charge in [0.2, 0.25) is 0 Å². The first-order valence-electron chi connectivity index (χ1n) is 8.63. The lowest BCUT2D eigenvalue weighted by Crippen LogP contribution is -2.15. The van der Waals surface area contributed by atoms with Crippen molar-refractivity contribution >= 4 is 40.8 Å². The maximum Gasteiger partial charge on any atom is 0.337 e. The first-order chi connectivity index (χ1) is 14.0. The minimum absolute atomic E-state index is 0.327. The Hall–Kier alpha value is -3.64. The second-order valence-electron chi connectivity index (χ2n) is 6.07. The molecular weight excluding hydrogens is 392 g/mol. The van der Waals surface area contributed by atoms with E-state index in [0.717, 1.165) is 0 Å². The smallest absolute Gasteiger partial charge is 0.337 e. The van der Waals surface area contributed by atoms with Crippen molar-refractivity contribution in [1.29, 1.82) is 0 Å². The van der Waals surface area contributed by atoms with Crippen LogP contribution in [0.1, 0.15) is 31.1 Å². The molecule has 6 nitrogen and oxygen atoms in total. The zero-order valence-electron chi connectivity index (χ0n) is 15.4. The normalized spacial score (nSPS) is 10.1. The van der Waals surface area contributed by atoms with E-state index in [1.807, 2.05) is 0 Å². The summed E-state index contributed by atoms with van der Waals surface area (Å²) in [6.45, 7) is 0. The number of hydrogen-bond acceptors (Lipinski definition) is 4. The fourth-order valence-electron chi connectivity index (χ4n) is 2.62. The van der Waals surface area contributed by atoms with Crippen molar-refractivity contribution in [2.45, 2.75) is 0 Å². The summed E-state index contributed by atoms with van der Waals surface area (Å²) in [4.78, 5) is 36.5. The van der Waals surface area contributed by atoms with Crippen LogP contribution in [0.3, 0.4) is 0 Å². The third kappa shape index (κ3) is 5.21. The average Bonchev–Trinajstić information content (AvgIpc) is 2.73. The summed E-state index contributed by atoms with van der Waals surface area (Å²) in [5.74, 6) is -1.21. The number of nitrogens with one attached hydrogen (secondary N) is 2. The van der Waals surface area contributed by atoms with Crippen LogP contribution in [0.25, 0.3) is 0 Å². The van der Waals surface area contributed by atoms with E-state index in [-0.39, 0.29) is 11.8 Å². The molecule has 146 valence electrons. The highest BCUT2D eigenvalue weighted by atomic mass is 35.5. The molecule has 0 radical (unpaired) electrons. The molecule has 0 aliphatic carbocycles. The second kappa shape index (κ2) is 9.03. The quantitative estimate of drug-likeness (QED) is 0.603. The van der Waals surface area contributed by atoms with Crippen molar-refractivity contribution in [3.8, 4) is 0 Å². The highest BCUT2D eigenvalue weighted by molar-refractivity contribution is 6.31. The maximum atomic E-state index is 12.6. The van der Waals surface area contributed by atoms with Gasteiger partial charge in [0, 0.05) is 27.5 Å². The van der Waals surface area contributed by atoms with Gasteiger partial charge in [-0.25, -0.2) is 4.79 Å². The lowest BCUT2D eigenvalue weighted by molar-refractivity contribution is 0.0600. The number of carbonyl (C=O) groups is 3. The van der Waals surface area contributed by atoms with Gasteiger partial charge in [-0.3, -0.25) is 9.59 Å². The molecule has 0 saturated heterocycles. The first kappa shape index (κ1) is 20.1. The molecule has 0 saturated carbocycles. The van der Waals surface area contributed by atoms with E-state index in [4.69, 9.17) is 11.6 Å². The number of rotatable bonds is 5. The molecule has 2 N–H and O–H groups in total. The van der Waals surface area contributed by atoms with Crippen LogP contribution < -0.4 is 10.6 Å². The van der Waals surface area contributed by atoms with Crippen LogP contribution in [0.2, 0.25) is 5.02 Å². The summed E-state index contributed by atoms with van der Waals surface area (Å²) in [7, 11) is 1.29. The summed E-state index contributed by atoms with van der Waals surface area (Å²) >= 11 is 5.91. The van der Waals surface area contributed by atoms with E-state index in [2.05, 4.69) is 15.4 Å². The standard InChI is InChI=1S/C22H17ClN2O4/c1-29-22(28)16-7-4-10-19(13-16)25-21(27)15-6-3-9-18(12-15)24-20(26)14-5-2-8-17(23)11-14/h2-13H,1H3,(H,24,26)(H,25,27). The predicted octanol–water partition coefficient (Wildman–Crippen LogP) is 4.63. The van der Waals surface area contributed by atoms with Gasteiger partial charge in [-0.2, -0.15) is 0 Å². The molecule has 0 fully saturated rings. The fraction of sp³-hybridized carbons (Fsp3) is 0.0455. The molecule has 0 unspecified atom stereocenters. The molecule has 3 aromatic carbocycles. The Morgan fingerprint density at radius 1 is 0.724 bits per heavy atom. The van der Waals surface area contributed by atoms with Crippen LogP contribution in [0.15, 0.2) is 72.8 Å². The molecule has 7 heteroatoms. The summed E-state index contributed by atoms with van der Waals surface area (Å²) in [6.07, 6.45) is 0. The molecule has 0 spiro atoms. The SMILES string of the molecule is COC(=O)c1cccc(NC(=O)c2cccc(NC(=O)c3cccc(Cl)c3)c2)c1. The van der Waals surface area contributed by atoms with Crippen molar-refractivity contribution in [1.82, 2.24) is 0 Å². The summed E-state index contributed by atoms with van der Waals surface area (Å²) in [6, 6.07) is 19.5.